The minimum Gasteiger partial charge on any atom is -0.463 e. The van der Waals surface area contributed by atoms with Crippen molar-refractivity contribution in [3.05, 3.63) is 54.9 Å². The van der Waals surface area contributed by atoms with Crippen LogP contribution in [0.15, 0.2) is 64.2 Å². The van der Waals surface area contributed by atoms with E-state index in [-0.39, 0.29) is 4.90 Å². The number of anilines is 2. The fourth-order valence-electron chi connectivity index (χ4n) is 1.84. The SMILES string of the molecule is NS(=O)(=O)c1ccc(Nc2nccc(-c3ccco3)n2)cc1. The number of benzene rings is 1. The van der Waals surface area contributed by atoms with Crippen molar-refractivity contribution in [2.45, 2.75) is 4.90 Å². The van der Waals surface area contributed by atoms with Crippen LogP contribution in [0.1, 0.15) is 0 Å². The highest BCUT2D eigenvalue weighted by atomic mass is 32.2. The molecule has 2 heterocycles. The number of hydrogen-bond donors (Lipinski definition) is 2. The molecular weight excluding hydrogens is 304 g/mol. The Labute approximate surface area is 126 Å². The zero-order valence-electron chi connectivity index (χ0n) is 11.3. The smallest absolute Gasteiger partial charge is 0.238 e. The van der Waals surface area contributed by atoms with Gasteiger partial charge in [0.1, 0.15) is 5.69 Å². The summed E-state index contributed by atoms with van der Waals surface area (Å²) in [5.41, 5.74) is 1.28. The number of primary sulfonamides is 1. The van der Waals surface area contributed by atoms with Crippen LogP contribution in [0.25, 0.3) is 11.5 Å². The van der Waals surface area contributed by atoms with Crippen molar-refractivity contribution in [1.82, 2.24) is 9.97 Å². The lowest BCUT2D eigenvalue weighted by Gasteiger charge is -2.06. The van der Waals surface area contributed by atoms with Crippen molar-refractivity contribution >= 4 is 21.7 Å². The molecule has 0 spiro atoms. The van der Waals surface area contributed by atoms with Crippen molar-refractivity contribution in [3.63, 3.8) is 0 Å². The average molecular weight is 316 g/mol. The van der Waals surface area contributed by atoms with E-state index in [1.807, 2.05) is 0 Å². The van der Waals surface area contributed by atoms with Crippen LogP contribution in [0.3, 0.4) is 0 Å². The maximum absolute atomic E-state index is 11.2. The van der Waals surface area contributed by atoms with E-state index >= 15 is 0 Å². The maximum Gasteiger partial charge on any atom is 0.238 e. The van der Waals surface area contributed by atoms with Gasteiger partial charge >= 0.3 is 0 Å². The first-order valence-corrected chi connectivity index (χ1v) is 7.84. The van der Waals surface area contributed by atoms with E-state index < -0.39 is 10.0 Å². The predicted octanol–water partition coefficient (Wildman–Crippen LogP) is 2.13. The monoisotopic (exact) mass is 316 g/mol. The fraction of sp³-hybridized carbons (Fsp3) is 0. The highest BCUT2D eigenvalue weighted by Gasteiger charge is 2.08. The van der Waals surface area contributed by atoms with E-state index in [2.05, 4.69) is 15.3 Å². The van der Waals surface area contributed by atoms with E-state index in [1.54, 1.807) is 42.8 Å². The fourth-order valence-corrected chi connectivity index (χ4v) is 2.35. The van der Waals surface area contributed by atoms with Crippen molar-refractivity contribution in [1.29, 1.82) is 0 Å². The molecule has 0 unspecified atom stereocenters. The average Bonchev–Trinajstić information content (AvgIpc) is 3.01. The molecule has 0 radical (unpaired) electrons. The van der Waals surface area contributed by atoms with Crippen LogP contribution in [0.4, 0.5) is 11.6 Å². The molecule has 0 bridgehead atoms. The van der Waals surface area contributed by atoms with Crippen LogP contribution < -0.4 is 10.5 Å². The molecule has 112 valence electrons. The molecule has 22 heavy (non-hydrogen) atoms. The Kier molecular flexibility index (Phi) is 3.61. The molecule has 3 aromatic rings. The molecule has 3 rings (SSSR count). The van der Waals surface area contributed by atoms with Gasteiger partial charge in [-0.1, -0.05) is 0 Å². The number of hydrogen-bond acceptors (Lipinski definition) is 6. The van der Waals surface area contributed by atoms with Crippen molar-refractivity contribution in [2.24, 2.45) is 5.14 Å². The third-order valence-corrected chi connectivity index (χ3v) is 3.80. The number of aromatic nitrogens is 2. The molecule has 0 aliphatic rings. The van der Waals surface area contributed by atoms with Crippen LogP contribution in [0.5, 0.6) is 0 Å². The first-order valence-electron chi connectivity index (χ1n) is 6.29. The Morgan fingerprint density at radius 2 is 1.86 bits per heavy atom. The van der Waals surface area contributed by atoms with Gasteiger partial charge in [-0.25, -0.2) is 23.5 Å². The van der Waals surface area contributed by atoms with E-state index in [9.17, 15) is 8.42 Å². The Morgan fingerprint density at radius 1 is 1.09 bits per heavy atom. The van der Waals surface area contributed by atoms with E-state index in [0.717, 1.165) is 0 Å². The lowest BCUT2D eigenvalue weighted by molar-refractivity contribution is 0.580. The summed E-state index contributed by atoms with van der Waals surface area (Å²) in [7, 11) is -3.70. The highest BCUT2D eigenvalue weighted by molar-refractivity contribution is 7.89. The van der Waals surface area contributed by atoms with Gasteiger partial charge in [-0.15, -0.1) is 0 Å². The number of furan rings is 1. The second kappa shape index (κ2) is 5.58. The van der Waals surface area contributed by atoms with Crippen molar-refractivity contribution < 1.29 is 12.8 Å². The molecular formula is C14H12N4O3S. The Balaban J connectivity index is 1.83. The van der Waals surface area contributed by atoms with Gasteiger partial charge in [0.25, 0.3) is 0 Å². The summed E-state index contributed by atoms with van der Waals surface area (Å²) in [4.78, 5) is 8.48. The highest BCUT2D eigenvalue weighted by Crippen LogP contribution is 2.20. The van der Waals surface area contributed by atoms with Gasteiger partial charge in [0.2, 0.25) is 16.0 Å². The topological polar surface area (TPSA) is 111 Å². The third kappa shape index (κ3) is 3.13. The number of nitrogens with zero attached hydrogens (tertiary/aromatic N) is 2. The summed E-state index contributed by atoms with van der Waals surface area (Å²) in [5, 5.41) is 8.04. The molecule has 3 N–H and O–H groups in total. The largest absolute Gasteiger partial charge is 0.463 e. The summed E-state index contributed by atoms with van der Waals surface area (Å²) in [6, 6.07) is 11.3. The van der Waals surface area contributed by atoms with Crippen molar-refractivity contribution in [2.75, 3.05) is 5.32 Å². The zero-order chi connectivity index (χ0) is 15.6. The normalized spacial score (nSPS) is 11.3. The molecule has 1 aromatic carbocycles. The number of nitrogens with two attached hydrogens (primary N) is 1. The van der Waals surface area contributed by atoms with Gasteiger partial charge in [0.05, 0.1) is 11.2 Å². The maximum atomic E-state index is 11.2. The minimum atomic E-state index is -3.70. The first-order chi connectivity index (χ1) is 10.5. The molecule has 7 nitrogen and oxygen atoms in total. The van der Waals surface area contributed by atoms with E-state index in [1.165, 1.54) is 12.1 Å². The Morgan fingerprint density at radius 3 is 2.50 bits per heavy atom. The van der Waals surface area contributed by atoms with Gasteiger partial charge in [0, 0.05) is 11.9 Å². The molecule has 0 aliphatic carbocycles. The van der Waals surface area contributed by atoms with Gasteiger partial charge in [0.15, 0.2) is 5.76 Å². The second-order valence-electron chi connectivity index (χ2n) is 4.44. The molecule has 0 amide bonds. The zero-order valence-corrected chi connectivity index (χ0v) is 12.1. The van der Waals surface area contributed by atoms with Crippen LogP contribution in [0.2, 0.25) is 0 Å². The second-order valence-corrected chi connectivity index (χ2v) is 6.00. The summed E-state index contributed by atoms with van der Waals surface area (Å²) >= 11 is 0. The number of nitrogens with one attached hydrogen (secondary N) is 1. The van der Waals surface area contributed by atoms with Crippen LogP contribution in [-0.2, 0) is 10.0 Å². The predicted molar refractivity (Wildman–Crippen MR) is 80.8 cm³/mol. The number of rotatable bonds is 4. The quantitative estimate of drug-likeness (QED) is 0.762. The van der Waals surface area contributed by atoms with Crippen LogP contribution in [-0.4, -0.2) is 18.4 Å². The van der Waals surface area contributed by atoms with E-state index in [4.69, 9.17) is 9.56 Å². The molecule has 0 fully saturated rings. The molecule has 0 saturated heterocycles. The molecule has 0 aliphatic heterocycles. The number of sulfonamides is 1. The summed E-state index contributed by atoms with van der Waals surface area (Å²) in [5.74, 6) is 1.01. The lowest BCUT2D eigenvalue weighted by Crippen LogP contribution is -2.11. The summed E-state index contributed by atoms with van der Waals surface area (Å²) in [6.45, 7) is 0. The minimum absolute atomic E-state index is 0.0447. The van der Waals surface area contributed by atoms with Gasteiger partial charge in [-0.2, -0.15) is 0 Å². The third-order valence-electron chi connectivity index (χ3n) is 2.87. The van der Waals surface area contributed by atoms with Crippen LogP contribution in [0, 0.1) is 0 Å². The van der Waals surface area contributed by atoms with Crippen LogP contribution >= 0.6 is 0 Å². The molecule has 0 atom stereocenters. The summed E-state index contributed by atoms with van der Waals surface area (Å²) < 4.78 is 27.7. The standard InChI is InChI=1S/C14H12N4O3S/c15-22(19,20)11-5-3-10(4-6-11)17-14-16-8-7-12(18-14)13-2-1-9-21-13/h1-9H,(H2,15,19,20)(H,16,17,18). The summed E-state index contributed by atoms with van der Waals surface area (Å²) in [6.07, 6.45) is 3.17. The molecule has 0 saturated carbocycles. The Hall–Kier alpha value is -2.71. The molecule has 8 heteroatoms. The van der Waals surface area contributed by atoms with Gasteiger partial charge < -0.3 is 9.73 Å². The lowest BCUT2D eigenvalue weighted by atomic mass is 10.3. The first kappa shape index (κ1) is 14.2. The van der Waals surface area contributed by atoms with Gasteiger partial charge in [-0.3, -0.25) is 0 Å². The van der Waals surface area contributed by atoms with Gasteiger partial charge in [-0.05, 0) is 42.5 Å². The molecule has 2 aromatic heterocycles. The van der Waals surface area contributed by atoms with E-state index in [0.29, 0.717) is 23.1 Å². The van der Waals surface area contributed by atoms with Crippen molar-refractivity contribution in [3.8, 4) is 11.5 Å². The Bertz CT molecular complexity index is 875.